The van der Waals surface area contributed by atoms with Crippen LogP contribution in [0.4, 0.5) is 10.8 Å². The molecular formula is C18H22N4O3S2. The summed E-state index contributed by atoms with van der Waals surface area (Å²) >= 11 is 2.86. The standard InChI is InChI=1S/C18H22N4O3S2/c1-11-6-12(2)8-14(7-11)22-10-13(9-15(22)23)16(24)19-17-20-21-18(27-17)26-5-4-25-3/h6-8,13H,4-5,9-10H2,1-3H3,(H,19,20,24). The van der Waals surface area contributed by atoms with Gasteiger partial charge in [0.2, 0.25) is 16.9 Å². The maximum absolute atomic E-state index is 12.6. The smallest absolute Gasteiger partial charge is 0.231 e. The number of aromatic nitrogens is 2. The predicted molar refractivity (Wildman–Crippen MR) is 108 cm³/mol. The lowest BCUT2D eigenvalue weighted by Gasteiger charge is -2.18. The second-order valence-electron chi connectivity index (χ2n) is 6.45. The Morgan fingerprint density at radius 1 is 1.33 bits per heavy atom. The van der Waals surface area contributed by atoms with E-state index in [-0.39, 0.29) is 18.2 Å². The Kier molecular flexibility index (Phi) is 6.46. The molecule has 1 atom stereocenters. The summed E-state index contributed by atoms with van der Waals surface area (Å²) in [7, 11) is 1.65. The first-order chi connectivity index (χ1) is 13.0. The first-order valence-electron chi connectivity index (χ1n) is 8.61. The van der Waals surface area contributed by atoms with Gasteiger partial charge < -0.3 is 15.0 Å². The van der Waals surface area contributed by atoms with E-state index in [9.17, 15) is 9.59 Å². The molecule has 1 aromatic heterocycles. The molecule has 1 saturated heterocycles. The fourth-order valence-electron chi connectivity index (χ4n) is 2.98. The number of carbonyl (C=O) groups excluding carboxylic acids is 2. The second kappa shape index (κ2) is 8.81. The molecule has 144 valence electrons. The van der Waals surface area contributed by atoms with Crippen LogP contribution >= 0.6 is 23.1 Å². The van der Waals surface area contributed by atoms with Crippen LogP contribution in [0, 0.1) is 19.8 Å². The Balaban J connectivity index is 1.60. The van der Waals surface area contributed by atoms with Gasteiger partial charge in [0.1, 0.15) is 0 Å². The summed E-state index contributed by atoms with van der Waals surface area (Å²) in [4.78, 5) is 26.7. The lowest BCUT2D eigenvalue weighted by molar-refractivity contribution is -0.122. The first kappa shape index (κ1) is 19.8. The number of anilines is 2. The number of nitrogens with one attached hydrogen (secondary N) is 1. The fourth-order valence-corrected chi connectivity index (χ4v) is 4.70. The molecule has 1 aliphatic heterocycles. The van der Waals surface area contributed by atoms with Gasteiger partial charge >= 0.3 is 0 Å². The number of hydrogen-bond acceptors (Lipinski definition) is 7. The summed E-state index contributed by atoms with van der Waals surface area (Å²) < 4.78 is 5.78. The number of methoxy groups -OCH3 is 1. The third kappa shape index (κ3) is 5.06. The van der Waals surface area contributed by atoms with Crippen LogP contribution in [0.1, 0.15) is 17.5 Å². The zero-order valence-corrected chi connectivity index (χ0v) is 17.2. The summed E-state index contributed by atoms with van der Waals surface area (Å²) in [5.41, 5.74) is 3.04. The van der Waals surface area contributed by atoms with Crippen molar-refractivity contribution in [3.05, 3.63) is 29.3 Å². The van der Waals surface area contributed by atoms with E-state index in [2.05, 4.69) is 21.6 Å². The van der Waals surface area contributed by atoms with Gasteiger partial charge in [-0.05, 0) is 37.1 Å². The molecule has 7 nitrogen and oxygen atoms in total. The highest BCUT2D eigenvalue weighted by molar-refractivity contribution is 8.01. The predicted octanol–water partition coefficient (Wildman–Crippen LogP) is 2.89. The van der Waals surface area contributed by atoms with Crippen molar-refractivity contribution in [2.45, 2.75) is 24.6 Å². The molecule has 0 aliphatic carbocycles. The zero-order chi connectivity index (χ0) is 19.4. The van der Waals surface area contributed by atoms with Gasteiger partial charge in [-0.1, -0.05) is 29.2 Å². The van der Waals surface area contributed by atoms with Crippen molar-refractivity contribution < 1.29 is 14.3 Å². The molecule has 9 heteroatoms. The van der Waals surface area contributed by atoms with E-state index < -0.39 is 5.92 Å². The molecule has 3 rings (SSSR count). The Bertz CT molecular complexity index is 820. The van der Waals surface area contributed by atoms with E-state index in [0.29, 0.717) is 18.3 Å². The highest BCUT2D eigenvalue weighted by atomic mass is 32.2. The molecule has 2 heterocycles. The van der Waals surface area contributed by atoms with Crippen LogP contribution in [-0.4, -0.2) is 48.0 Å². The van der Waals surface area contributed by atoms with Gasteiger partial charge in [0, 0.05) is 31.5 Å². The molecule has 27 heavy (non-hydrogen) atoms. The number of nitrogens with zero attached hydrogens (tertiary/aromatic N) is 3. The van der Waals surface area contributed by atoms with Crippen molar-refractivity contribution in [1.29, 1.82) is 0 Å². The highest BCUT2D eigenvalue weighted by Gasteiger charge is 2.35. The lowest BCUT2D eigenvalue weighted by Crippen LogP contribution is -2.28. The molecule has 0 radical (unpaired) electrons. The van der Waals surface area contributed by atoms with Gasteiger partial charge in [-0.15, -0.1) is 10.2 Å². The number of rotatable bonds is 7. The number of amides is 2. The molecule has 1 aromatic carbocycles. The van der Waals surface area contributed by atoms with Crippen LogP contribution < -0.4 is 10.2 Å². The minimum Gasteiger partial charge on any atom is -0.384 e. The maximum Gasteiger partial charge on any atom is 0.231 e. The van der Waals surface area contributed by atoms with Crippen LogP contribution in [0.2, 0.25) is 0 Å². The summed E-state index contributed by atoms with van der Waals surface area (Å²) in [6, 6.07) is 6.00. The number of benzene rings is 1. The largest absolute Gasteiger partial charge is 0.384 e. The number of aryl methyl sites for hydroxylation is 2. The van der Waals surface area contributed by atoms with Crippen LogP contribution in [0.3, 0.4) is 0 Å². The lowest BCUT2D eigenvalue weighted by atomic mass is 10.1. The Labute approximate surface area is 166 Å². The third-order valence-electron chi connectivity index (χ3n) is 4.16. The van der Waals surface area contributed by atoms with E-state index in [0.717, 1.165) is 26.9 Å². The van der Waals surface area contributed by atoms with Crippen LogP contribution in [0.15, 0.2) is 22.5 Å². The second-order valence-corrected chi connectivity index (χ2v) is 8.77. The average molecular weight is 407 g/mol. The van der Waals surface area contributed by atoms with Crippen molar-refractivity contribution in [3.8, 4) is 0 Å². The van der Waals surface area contributed by atoms with Gasteiger partial charge in [0.15, 0.2) is 4.34 Å². The third-order valence-corrected chi connectivity index (χ3v) is 6.10. The van der Waals surface area contributed by atoms with E-state index in [1.54, 1.807) is 12.0 Å². The van der Waals surface area contributed by atoms with Crippen molar-refractivity contribution >= 4 is 45.7 Å². The van der Waals surface area contributed by atoms with Crippen LogP contribution in [0.25, 0.3) is 0 Å². The van der Waals surface area contributed by atoms with Crippen LogP contribution in [-0.2, 0) is 14.3 Å². The Morgan fingerprint density at radius 2 is 2.07 bits per heavy atom. The molecule has 1 unspecified atom stereocenters. The van der Waals surface area contributed by atoms with Crippen LogP contribution in [0.5, 0.6) is 0 Å². The molecule has 0 saturated carbocycles. The van der Waals surface area contributed by atoms with Crippen molar-refractivity contribution in [2.24, 2.45) is 5.92 Å². The fraction of sp³-hybridized carbons (Fsp3) is 0.444. The van der Waals surface area contributed by atoms with E-state index in [1.807, 2.05) is 26.0 Å². The molecule has 2 amide bonds. The topological polar surface area (TPSA) is 84.4 Å². The van der Waals surface area contributed by atoms with Gasteiger partial charge in [0.05, 0.1) is 12.5 Å². The van der Waals surface area contributed by atoms with Gasteiger partial charge in [-0.25, -0.2) is 0 Å². The highest BCUT2D eigenvalue weighted by Crippen LogP contribution is 2.29. The molecule has 0 spiro atoms. The SMILES string of the molecule is COCCSc1nnc(NC(=O)C2CC(=O)N(c3cc(C)cc(C)c3)C2)s1. The van der Waals surface area contributed by atoms with Gasteiger partial charge in [0.25, 0.3) is 0 Å². The molecule has 2 aromatic rings. The van der Waals surface area contributed by atoms with Crippen molar-refractivity contribution in [1.82, 2.24) is 10.2 Å². The number of thioether (sulfide) groups is 1. The molecule has 0 bridgehead atoms. The molecule has 1 aliphatic rings. The van der Waals surface area contributed by atoms with E-state index in [4.69, 9.17) is 4.74 Å². The van der Waals surface area contributed by atoms with Crippen molar-refractivity contribution in [2.75, 3.05) is 36.2 Å². The number of ether oxygens (including phenoxy) is 1. The summed E-state index contributed by atoms with van der Waals surface area (Å²) in [6.07, 6.45) is 0.201. The monoisotopic (exact) mass is 406 g/mol. The Morgan fingerprint density at radius 3 is 2.78 bits per heavy atom. The first-order valence-corrected chi connectivity index (χ1v) is 10.4. The molecule has 1 fully saturated rings. The number of hydrogen-bond donors (Lipinski definition) is 1. The number of carbonyl (C=O) groups is 2. The normalized spacial score (nSPS) is 16.8. The van der Waals surface area contributed by atoms with Gasteiger partial charge in [-0.3, -0.25) is 9.59 Å². The minimum atomic E-state index is -0.396. The molecular weight excluding hydrogens is 384 g/mol. The van der Waals surface area contributed by atoms with Crippen molar-refractivity contribution in [3.63, 3.8) is 0 Å². The van der Waals surface area contributed by atoms with E-state index in [1.165, 1.54) is 23.1 Å². The Hall–Kier alpha value is -1.97. The maximum atomic E-state index is 12.6. The summed E-state index contributed by atoms with van der Waals surface area (Å²) in [6.45, 7) is 5.00. The quantitative estimate of drug-likeness (QED) is 0.432. The average Bonchev–Trinajstić information content (AvgIpc) is 3.21. The summed E-state index contributed by atoms with van der Waals surface area (Å²) in [5, 5.41) is 11.3. The van der Waals surface area contributed by atoms with Gasteiger partial charge in [-0.2, -0.15) is 0 Å². The van der Waals surface area contributed by atoms with E-state index >= 15 is 0 Å². The minimum absolute atomic E-state index is 0.0341. The molecule has 1 N–H and O–H groups in total. The zero-order valence-electron chi connectivity index (χ0n) is 15.5. The summed E-state index contributed by atoms with van der Waals surface area (Å²) in [5.74, 6) is 0.154.